The van der Waals surface area contributed by atoms with Crippen molar-refractivity contribution < 1.29 is 4.74 Å². The van der Waals surface area contributed by atoms with Crippen molar-refractivity contribution in [2.45, 2.75) is 6.92 Å². The average Bonchev–Trinajstić information content (AvgIpc) is 2.47. The molecule has 3 heteroatoms. The zero-order valence-electron chi connectivity index (χ0n) is 12.4. The predicted octanol–water partition coefficient (Wildman–Crippen LogP) is 3.21. The molecule has 0 fully saturated rings. The molecule has 1 aliphatic heterocycles. The van der Waals surface area contributed by atoms with Gasteiger partial charge in [-0.05, 0) is 42.5 Å². The number of ether oxygens (including phenoxy) is 1. The van der Waals surface area contributed by atoms with Gasteiger partial charge in [0.15, 0.2) is 0 Å². The first-order valence-electron chi connectivity index (χ1n) is 6.91. The number of rotatable bonds is 4. The first kappa shape index (κ1) is 14.3. The van der Waals surface area contributed by atoms with Gasteiger partial charge in [-0.3, -0.25) is 0 Å². The van der Waals surface area contributed by atoms with Crippen LogP contribution in [0.3, 0.4) is 0 Å². The number of hydrogen-bond acceptors (Lipinski definition) is 3. The lowest BCUT2D eigenvalue weighted by atomic mass is 10.1. The molecule has 2 rings (SSSR count). The summed E-state index contributed by atoms with van der Waals surface area (Å²) in [7, 11) is 3.99. The molecular formula is C17H22N2O. The van der Waals surface area contributed by atoms with Crippen LogP contribution in [0.4, 0.5) is 5.69 Å². The van der Waals surface area contributed by atoms with E-state index < -0.39 is 0 Å². The van der Waals surface area contributed by atoms with Crippen LogP contribution in [0.25, 0.3) is 6.08 Å². The van der Waals surface area contributed by atoms with Crippen molar-refractivity contribution >= 4 is 11.8 Å². The van der Waals surface area contributed by atoms with Crippen LogP contribution in [0.1, 0.15) is 12.5 Å². The van der Waals surface area contributed by atoms with E-state index in [9.17, 15) is 0 Å². The summed E-state index contributed by atoms with van der Waals surface area (Å²) in [6, 6.07) is 6.33. The molecule has 0 bridgehead atoms. The smallest absolute Gasteiger partial charge is 0.143 e. The van der Waals surface area contributed by atoms with Crippen molar-refractivity contribution in [3.8, 4) is 5.75 Å². The molecule has 20 heavy (non-hydrogen) atoms. The van der Waals surface area contributed by atoms with Crippen LogP contribution >= 0.6 is 0 Å². The topological polar surface area (TPSA) is 24.5 Å². The lowest BCUT2D eigenvalue weighted by Gasteiger charge is -2.27. The van der Waals surface area contributed by atoms with E-state index >= 15 is 0 Å². The molecule has 0 atom stereocenters. The van der Waals surface area contributed by atoms with Gasteiger partial charge in [-0.1, -0.05) is 24.3 Å². The highest BCUT2D eigenvalue weighted by Gasteiger charge is 2.14. The number of nitrogens with zero attached hydrogens (tertiary/aromatic N) is 1. The number of allylic oxidation sites excluding steroid dienone is 4. The Morgan fingerprint density at radius 3 is 2.95 bits per heavy atom. The molecular weight excluding hydrogens is 248 g/mol. The van der Waals surface area contributed by atoms with Crippen molar-refractivity contribution in [2.24, 2.45) is 0 Å². The van der Waals surface area contributed by atoms with Crippen molar-refractivity contribution in [3.63, 3.8) is 0 Å². The second kappa shape index (κ2) is 6.85. The summed E-state index contributed by atoms with van der Waals surface area (Å²) in [4.78, 5) is 2.22. The van der Waals surface area contributed by atoms with Crippen LogP contribution in [-0.4, -0.2) is 27.2 Å². The fourth-order valence-corrected chi connectivity index (χ4v) is 2.10. The van der Waals surface area contributed by atoms with E-state index in [1.165, 1.54) is 0 Å². The molecule has 1 aromatic carbocycles. The van der Waals surface area contributed by atoms with Crippen LogP contribution in [0.5, 0.6) is 5.75 Å². The van der Waals surface area contributed by atoms with Gasteiger partial charge in [-0.2, -0.15) is 0 Å². The van der Waals surface area contributed by atoms with Gasteiger partial charge in [-0.25, -0.2) is 0 Å². The lowest BCUT2D eigenvalue weighted by Crippen LogP contribution is -2.28. The van der Waals surface area contributed by atoms with E-state index in [4.69, 9.17) is 4.74 Å². The SMILES string of the molecule is C/C=C(C=Cc1ccc2c(c1)OCCN2C)\C=C/NC. The molecule has 1 N–H and O–H groups in total. The van der Waals surface area contributed by atoms with Gasteiger partial charge < -0.3 is 15.0 Å². The second-order valence-electron chi connectivity index (χ2n) is 4.74. The van der Waals surface area contributed by atoms with Crippen LogP contribution in [0.2, 0.25) is 0 Å². The molecule has 3 nitrogen and oxygen atoms in total. The Balaban J connectivity index is 2.16. The molecule has 0 aliphatic carbocycles. The third-order valence-electron chi connectivity index (χ3n) is 3.32. The summed E-state index contributed by atoms with van der Waals surface area (Å²) in [6.45, 7) is 3.73. The van der Waals surface area contributed by atoms with Gasteiger partial charge in [0, 0.05) is 14.1 Å². The van der Waals surface area contributed by atoms with Crippen LogP contribution < -0.4 is 15.0 Å². The molecule has 1 heterocycles. The average molecular weight is 270 g/mol. The van der Waals surface area contributed by atoms with E-state index in [1.807, 2.05) is 26.2 Å². The maximum Gasteiger partial charge on any atom is 0.143 e. The van der Waals surface area contributed by atoms with Gasteiger partial charge in [0.2, 0.25) is 0 Å². The second-order valence-corrected chi connectivity index (χ2v) is 4.74. The number of benzene rings is 1. The highest BCUT2D eigenvalue weighted by atomic mass is 16.5. The van der Waals surface area contributed by atoms with E-state index in [0.29, 0.717) is 0 Å². The fourth-order valence-electron chi connectivity index (χ4n) is 2.10. The minimum Gasteiger partial charge on any atom is -0.490 e. The minimum absolute atomic E-state index is 0.752. The summed E-state index contributed by atoms with van der Waals surface area (Å²) in [5.74, 6) is 0.966. The number of likely N-dealkylation sites (N-methyl/N-ethyl adjacent to an activating group) is 1. The van der Waals surface area contributed by atoms with Crippen molar-refractivity contribution in [3.05, 3.63) is 53.8 Å². The minimum atomic E-state index is 0.752. The lowest BCUT2D eigenvalue weighted by molar-refractivity contribution is 0.311. The molecule has 0 unspecified atom stereocenters. The molecule has 0 saturated heterocycles. The summed E-state index contributed by atoms with van der Waals surface area (Å²) in [5, 5.41) is 3.00. The van der Waals surface area contributed by atoms with Crippen LogP contribution in [0, 0.1) is 0 Å². The Bertz CT molecular complexity index is 544. The summed E-state index contributed by atoms with van der Waals surface area (Å²) in [5.41, 5.74) is 3.47. The van der Waals surface area contributed by atoms with Gasteiger partial charge in [0.05, 0.1) is 12.2 Å². The van der Waals surface area contributed by atoms with Crippen molar-refractivity contribution in [1.82, 2.24) is 5.32 Å². The molecule has 0 spiro atoms. The monoisotopic (exact) mass is 270 g/mol. The summed E-state index contributed by atoms with van der Waals surface area (Å²) < 4.78 is 5.72. The zero-order chi connectivity index (χ0) is 14.4. The Morgan fingerprint density at radius 2 is 2.20 bits per heavy atom. The van der Waals surface area contributed by atoms with Crippen molar-refractivity contribution in [1.29, 1.82) is 0 Å². The highest BCUT2D eigenvalue weighted by Crippen LogP contribution is 2.31. The highest BCUT2D eigenvalue weighted by molar-refractivity contribution is 5.66. The first-order valence-corrected chi connectivity index (χ1v) is 6.91. The number of anilines is 1. The van der Waals surface area contributed by atoms with Gasteiger partial charge >= 0.3 is 0 Å². The third kappa shape index (κ3) is 3.44. The summed E-state index contributed by atoms with van der Waals surface area (Å²) >= 11 is 0. The maximum absolute atomic E-state index is 5.72. The molecule has 0 amide bonds. The van der Waals surface area contributed by atoms with E-state index in [-0.39, 0.29) is 0 Å². The largest absolute Gasteiger partial charge is 0.490 e. The Kier molecular flexibility index (Phi) is 4.88. The maximum atomic E-state index is 5.72. The Morgan fingerprint density at radius 1 is 1.35 bits per heavy atom. The third-order valence-corrected chi connectivity index (χ3v) is 3.32. The normalized spacial score (nSPS) is 15.6. The Labute approximate surface area is 121 Å². The Hall–Kier alpha value is -2.16. The van der Waals surface area contributed by atoms with E-state index in [0.717, 1.165) is 35.7 Å². The van der Waals surface area contributed by atoms with Crippen LogP contribution in [0.15, 0.2) is 48.2 Å². The first-order chi connectivity index (χ1) is 9.74. The number of fused-ring (bicyclic) bond motifs is 1. The quantitative estimate of drug-likeness (QED) is 0.850. The standard InChI is InChI=1S/C17H22N2O/c1-4-14(9-10-18-2)5-6-15-7-8-16-17(13-15)20-12-11-19(16)3/h4-10,13,18H,11-12H2,1-3H3/b6-5?,10-9-,14-4-. The van der Waals surface area contributed by atoms with E-state index in [1.54, 1.807) is 0 Å². The van der Waals surface area contributed by atoms with Gasteiger partial charge in [-0.15, -0.1) is 0 Å². The molecule has 0 saturated carbocycles. The predicted molar refractivity (Wildman–Crippen MR) is 86.2 cm³/mol. The molecule has 0 radical (unpaired) electrons. The van der Waals surface area contributed by atoms with Crippen molar-refractivity contribution in [2.75, 3.05) is 32.1 Å². The molecule has 1 aliphatic rings. The summed E-state index contributed by atoms with van der Waals surface area (Å²) in [6.07, 6.45) is 10.2. The van der Waals surface area contributed by atoms with Crippen LogP contribution in [-0.2, 0) is 0 Å². The van der Waals surface area contributed by atoms with Gasteiger partial charge in [0.1, 0.15) is 12.4 Å². The molecule has 1 aromatic rings. The zero-order valence-corrected chi connectivity index (χ0v) is 12.4. The molecule has 0 aromatic heterocycles. The molecule has 106 valence electrons. The van der Waals surface area contributed by atoms with Gasteiger partial charge in [0.25, 0.3) is 0 Å². The number of hydrogen-bond donors (Lipinski definition) is 1. The van der Waals surface area contributed by atoms with E-state index in [2.05, 4.69) is 53.7 Å². The number of nitrogens with one attached hydrogen (secondary N) is 1. The fraction of sp³-hybridized carbons (Fsp3) is 0.294.